The molecule has 0 saturated heterocycles. The normalized spacial score (nSPS) is 15.7. The van der Waals surface area contributed by atoms with Crippen LogP contribution in [0.3, 0.4) is 0 Å². The van der Waals surface area contributed by atoms with Gasteiger partial charge in [0.15, 0.2) is 5.82 Å². The number of carboxylic acids is 1. The largest absolute Gasteiger partial charge is 0.478 e. The van der Waals surface area contributed by atoms with Crippen molar-refractivity contribution in [3.63, 3.8) is 0 Å². The third-order valence-corrected chi connectivity index (χ3v) is 4.13. The second kappa shape index (κ2) is 5.36. The molecule has 0 aromatic carbocycles. The van der Waals surface area contributed by atoms with Gasteiger partial charge in [-0.05, 0) is 40.9 Å². The van der Waals surface area contributed by atoms with Crippen molar-refractivity contribution in [2.75, 3.05) is 0 Å². The first-order chi connectivity index (χ1) is 9.65. The Hall–Kier alpha value is -1.69. The number of hydrogen-bond acceptors (Lipinski definition) is 3. The number of carboxylic acid groups (broad SMARTS) is 1. The number of nitrogens with zero attached hydrogens (tertiary/aromatic N) is 3. The average molecular weight is 336 g/mol. The predicted molar refractivity (Wildman–Crippen MR) is 77.2 cm³/mol. The van der Waals surface area contributed by atoms with Crippen LogP contribution in [0.25, 0.3) is 5.82 Å². The van der Waals surface area contributed by atoms with Crippen molar-refractivity contribution in [3.05, 3.63) is 40.3 Å². The molecule has 5 nitrogen and oxygen atoms in total. The summed E-state index contributed by atoms with van der Waals surface area (Å²) < 4.78 is 2.44. The quantitative estimate of drug-likeness (QED) is 0.933. The minimum absolute atomic E-state index is 0.262. The van der Waals surface area contributed by atoms with Crippen LogP contribution in [0.1, 0.15) is 47.7 Å². The van der Waals surface area contributed by atoms with Gasteiger partial charge in [0.25, 0.3) is 0 Å². The SMILES string of the molecule is O=C(O)c1cn(-c2ccc(Br)cn2)nc1C1CCCC1. The van der Waals surface area contributed by atoms with Crippen LogP contribution < -0.4 is 0 Å². The van der Waals surface area contributed by atoms with E-state index in [1.165, 1.54) is 0 Å². The Morgan fingerprint density at radius 2 is 2.10 bits per heavy atom. The Kier molecular flexibility index (Phi) is 3.56. The summed E-state index contributed by atoms with van der Waals surface area (Å²) in [5.41, 5.74) is 0.987. The molecule has 0 aliphatic heterocycles. The first kappa shape index (κ1) is 13.3. The molecule has 2 aromatic heterocycles. The predicted octanol–water partition coefficient (Wildman–Crippen LogP) is 3.39. The highest BCUT2D eigenvalue weighted by Gasteiger charge is 2.26. The number of carbonyl (C=O) groups is 1. The van der Waals surface area contributed by atoms with E-state index < -0.39 is 5.97 Å². The number of aromatic nitrogens is 3. The van der Waals surface area contributed by atoms with E-state index in [9.17, 15) is 9.90 Å². The van der Waals surface area contributed by atoms with Gasteiger partial charge in [-0.25, -0.2) is 14.5 Å². The maximum absolute atomic E-state index is 11.4. The molecule has 1 fully saturated rings. The Morgan fingerprint density at radius 3 is 2.70 bits per heavy atom. The Labute approximate surface area is 124 Å². The van der Waals surface area contributed by atoms with E-state index >= 15 is 0 Å². The Morgan fingerprint density at radius 1 is 1.35 bits per heavy atom. The van der Waals surface area contributed by atoms with Gasteiger partial charge in [0.2, 0.25) is 0 Å². The summed E-state index contributed by atoms with van der Waals surface area (Å²) in [4.78, 5) is 15.6. The van der Waals surface area contributed by atoms with Crippen molar-refractivity contribution in [1.29, 1.82) is 0 Å². The van der Waals surface area contributed by atoms with E-state index in [1.807, 2.05) is 6.07 Å². The van der Waals surface area contributed by atoms with Crippen molar-refractivity contribution in [3.8, 4) is 5.82 Å². The molecular weight excluding hydrogens is 322 g/mol. The third kappa shape index (κ3) is 2.47. The molecule has 20 heavy (non-hydrogen) atoms. The van der Waals surface area contributed by atoms with Crippen LogP contribution in [0.5, 0.6) is 0 Å². The van der Waals surface area contributed by atoms with Gasteiger partial charge < -0.3 is 5.11 Å². The van der Waals surface area contributed by atoms with Gasteiger partial charge in [-0.3, -0.25) is 0 Å². The van der Waals surface area contributed by atoms with Crippen molar-refractivity contribution in [1.82, 2.24) is 14.8 Å². The summed E-state index contributed by atoms with van der Waals surface area (Å²) in [5, 5.41) is 13.8. The fraction of sp³-hybridized carbons (Fsp3) is 0.357. The molecule has 0 amide bonds. The Balaban J connectivity index is 2.02. The van der Waals surface area contributed by atoms with Gasteiger partial charge in [-0.2, -0.15) is 5.10 Å². The summed E-state index contributed by atoms with van der Waals surface area (Å²) >= 11 is 3.33. The molecule has 0 unspecified atom stereocenters. The highest BCUT2D eigenvalue weighted by Crippen LogP contribution is 2.35. The molecule has 1 saturated carbocycles. The summed E-state index contributed by atoms with van der Waals surface area (Å²) in [6.07, 6.45) is 7.56. The van der Waals surface area contributed by atoms with Crippen LogP contribution in [0.2, 0.25) is 0 Å². The minimum Gasteiger partial charge on any atom is -0.478 e. The standard InChI is InChI=1S/C14H14BrN3O2/c15-10-5-6-12(16-7-10)18-8-11(14(19)20)13(17-18)9-3-1-2-4-9/h5-9H,1-4H2,(H,19,20). The van der Waals surface area contributed by atoms with E-state index in [-0.39, 0.29) is 5.92 Å². The summed E-state index contributed by atoms with van der Waals surface area (Å²) in [6, 6.07) is 3.67. The third-order valence-electron chi connectivity index (χ3n) is 3.66. The van der Waals surface area contributed by atoms with E-state index in [0.29, 0.717) is 17.1 Å². The lowest BCUT2D eigenvalue weighted by atomic mass is 10.0. The van der Waals surface area contributed by atoms with Crippen molar-refractivity contribution in [2.24, 2.45) is 0 Å². The monoisotopic (exact) mass is 335 g/mol. The van der Waals surface area contributed by atoms with E-state index in [0.717, 1.165) is 30.2 Å². The Bertz CT molecular complexity index is 630. The zero-order valence-electron chi connectivity index (χ0n) is 10.8. The number of halogens is 1. The zero-order valence-corrected chi connectivity index (χ0v) is 12.4. The second-order valence-corrected chi connectivity index (χ2v) is 5.91. The van der Waals surface area contributed by atoms with Gasteiger partial charge in [0.1, 0.15) is 5.56 Å². The van der Waals surface area contributed by atoms with Gasteiger partial charge in [-0.1, -0.05) is 12.8 Å². The summed E-state index contributed by atoms with van der Waals surface area (Å²) in [7, 11) is 0. The fourth-order valence-corrected chi connectivity index (χ4v) is 2.91. The van der Waals surface area contributed by atoms with Crippen LogP contribution in [0.4, 0.5) is 0 Å². The highest BCUT2D eigenvalue weighted by molar-refractivity contribution is 9.10. The van der Waals surface area contributed by atoms with Gasteiger partial charge >= 0.3 is 5.97 Å². The zero-order chi connectivity index (χ0) is 14.1. The van der Waals surface area contributed by atoms with Crippen LogP contribution in [-0.4, -0.2) is 25.8 Å². The molecule has 1 aliphatic carbocycles. The van der Waals surface area contributed by atoms with Crippen molar-refractivity contribution >= 4 is 21.9 Å². The molecule has 0 spiro atoms. The fourth-order valence-electron chi connectivity index (χ4n) is 2.67. The number of pyridine rings is 1. The van der Waals surface area contributed by atoms with Gasteiger partial charge in [0.05, 0.1) is 5.69 Å². The lowest BCUT2D eigenvalue weighted by molar-refractivity contribution is 0.0695. The van der Waals surface area contributed by atoms with Crippen LogP contribution >= 0.6 is 15.9 Å². The number of rotatable bonds is 3. The molecular formula is C14H14BrN3O2. The summed E-state index contributed by atoms with van der Waals surface area (Å²) in [6.45, 7) is 0. The molecule has 0 bridgehead atoms. The minimum atomic E-state index is -0.921. The molecule has 3 rings (SSSR count). The molecule has 104 valence electrons. The van der Waals surface area contributed by atoms with E-state index in [4.69, 9.17) is 0 Å². The number of hydrogen-bond donors (Lipinski definition) is 1. The van der Waals surface area contributed by atoms with Crippen LogP contribution in [-0.2, 0) is 0 Å². The molecule has 6 heteroatoms. The number of aromatic carboxylic acids is 1. The average Bonchev–Trinajstić information content (AvgIpc) is 3.08. The van der Waals surface area contributed by atoms with Crippen molar-refractivity contribution in [2.45, 2.75) is 31.6 Å². The molecule has 0 radical (unpaired) electrons. The maximum Gasteiger partial charge on any atom is 0.339 e. The molecule has 1 aliphatic rings. The molecule has 0 atom stereocenters. The van der Waals surface area contributed by atoms with Crippen LogP contribution in [0.15, 0.2) is 29.0 Å². The van der Waals surface area contributed by atoms with Crippen LogP contribution in [0, 0.1) is 0 Å². The lowest BCUT2D eigenvalue weighted by Crippen LogP contribution is -2.03. The lowest BCUT2D eigenvalue weighted by Gasteiger charge is -2.06. The van der Waals surface area contributed by atoms with E-state index in [2.05, 4.69) is 26.0 Å². The first-order valence-corrected chi connectivity index (χ1v) is 7.39. The first-order valence-electron chi connectivity index (χ1n) is 6.60. The molecule has 2 aromatic rings. The van der Waals surface area contributed by atoms with Crippen molar-refractivity contribution < 1.29 is 9.90 Å². The van der Waals surface area contributed by atoms with Gasteiger partial charge in [-0.15, -0.1) is 0 Å². The van der Waals surface area contributed by atoms with Gasteiger partial charge in [0, 0.05) is 22.8 Å². The molecule has 2 heterocycles. The topological polar surface area (TPSA) is 68.0 Å². The second-order valence-electron chi connectivity index (χ2n) is 4.99. The highest BCUT2D eigenvalue weighted by atomic mass is 79.9. The van der Waals surface area contributed by atoms with E-state index in [1.54, 1.807) is 23.1 Å². The smallest absolute Gasteiger partial charge is 0.339 e. The maximum atomic E-state index is 11.4. The molecule has 1 N–H and O–H groups in total. The summed E-state index contributed by atoms with van der Waals surface area (Å²) in [5.74, 6) is -0.0343.